The third kappa shape index (κ3) is 2.69. The number of H-pyrrole nitrogens is 1. The van der Waals surface area contributed by atoms with E-state index >= 15 is 0 Å². The first-order valence-corrected chi connectivity index (χ1v) is 7.58. The molecule has 108 valence electrons. The lowest BCUT2D eigenvalue weighted by Crippen LogP contribution is -2.28. The molecule has 1 aliphatic heterocycles. The molecule has 1 saturated heterocycles. The van der Waals surface area contributed by atoms with Crippen LogP contribution >= 0.6 is 0 Å². The molecular weight excluding hydrogens is 252 g/mol. The summed E-state index contributed by atoms with van der Waals surface area (Å²) in [5.41, 5.74) is 1.69. The van der Waals surface area contributed by atoms with E-state index in [1.807, 2.05) is 6.92 Å². The van der Waals surface area contributed by atoms with Crippen molar-refractivity contribution in [3.05, 3.63) is 6.33 Å². The van der Waals surface area contributed by atoms with Crippen LogP contribution in [-0.2, 0) is 0 Å². The summed E-state index contributed by atoms with van der Waals surface area (Å²) in [4.78, 5) is 19.0. The molecule has 0 amide bonds. The molecule has 2 aromatic heterocycles. The summed E-state index contributed by atoms with van der Waals surface area (Å²) in [5, 5.41) is 3.19. The highest BCUT2D eigenvalue weighted by Crippen LogP contribution is 2.24. The van der Waals surface area contributed by atoms with E-state index in [1.54, 1.807) is 6.33 Å². The van der Waals surface area contributed by atoms with Crippen LogP contribution in [0.5, 0.6) is 0 Å². The fourth-order valence-corrected chi connectivity index (χ4v) is 2.74. The third-order valence-corrected chi connectivity index (χ3v) is 3.76. The molecular formula is C14H22N6. The second-order valence-electron chi connectivity index (χ2n) is 5.26. The van der Waals surface area contributed by atoms with Crippen LogP contribution in [0, 0.1) is 0 Å². The number of nitrogens with zero attached hydrogens (tertiary/aromatic N) is 4. The van der Waals surface area contributed by atoms with Crippen LogP contribution < -0.4 is 10.2 Å². The largest absolute Gasteiger partial charge is 0.355 e. The monoisotopic (exact) mass is 274 g/mol. The second kappa shape index (κ2) is 6.07. The van der Waals surface area contributed by atoms with Crippen LogP contribution in [0.25, 0.3) is 11.2 Å². The van der Waals surface area contributed by atoms with Gasteiger partial charge < -0.3 is 15.2 Å². The van der Waals surface area contributed by atoms with E-state index < -0.39 is 0 Å². The maximum atomic E-state index is 4.69. The predicted octanol–water partition coefficient (Wildman–Crippen LogP) is 2.56. The van der Waals surface area contributed by atoms with E-state index in [9.17, 15) is 0 Å². The van der Waals surface area contributed by atoms with Gasteiger partial charge in [-0.05, 0) is 19.8 Å². The first-order chi connectivity index (χ1) is 9.88. The van der Waals surface area contributed by atoms with Gasteiger partial charge in [0.05, 0.1) is 6.33 Å². The van der Waals surface area contributed by atoms with Gasteiger partial charge in [-0.2, -0.15) is 9.97 Å². The molecule has 2 N–H and O–H groups in total. The number of anilines is 2. The first kappa shape index (κ1) is 13.1. The third-order valence-electron chi connectivity index (χ3n) is 3.76. The van der Waals surface area contributed by atoms with Crippen molar-refractivity contribution < 1.29 is 0 Å². The Morgan fingerprint density at radius 3 is 2.65 bits per heavy atom. The van der Waals surface area contributed by atoms with E-state index in [0.29, 0.717) is 5.95 Å². The summed E-state index contributed by atoms with van der Waals surface area (Å²) in [6, 6.07) is 0. The molecule has 0 unspecified atom stereocenters. The molecule has 20 heavy (non-hydrogen) atoms. The predicted molar refractivity (Wildman–Crippen MR) is 81.1 cm³/mol. The number of imidazole rings is 1. The van der Waals surface area contributed by atoms with Crippen LogP contribution in [0.3, 0.4) is 0 Å². The highest BCUT2D eigenvalue weighted by atomic mass is 15.2. The van der Waals surface area contributed by atoms with Crippen LogP contribution in [0.4, 0.5) is 11.8 Å². The molecule has 0 bridgehead atoms. The number of nitrogens with one attached hydrogen (secondary N) is 2. The summed E-state index contributed by atoms with van der Waals surface area (Å²) < 4.78 is 0. The van der Waals surface area contributed by atoms with E-state index in [2.05, 4.69) is 25.2 Å². The molecule has 6 nitrogen and oxygen atoms in total. The van der Waals surface area contributed by atoms with Crippen molar-refractivity contribution in [1.82, 2.24) is 19.9 Å². The number of fused-ring (bicyclic) bond motifs is 1. The smallest absolute Gasteiger partial charge is 0.226 e. The highest BCUT2D eigenvalue weighted by Gasteiger charge is 2.17. The zero-order valence-corrected chi connectivity index (χ0v) is 12.0. The first-order valence-electron chi connectivity index (χ1n) is 7.58. The Morgan fingerprint density at radius 1 is 1.15 bits per heavy atom. The standard InChI is InChI=1S/C14H22N6/c1-2-15-14-18-12-11(16-10-17-12)13(19-14)20-8-6-4-3-5-7-9-20/h10H,2-9H2,1H3,(H2,15,16,17,18,19). The second-order valence-corrected chi connectivity index (χ2v) is 5.26. The molecule has 6 heteroatoms. The summed E-state index contributed by atoms with van der Waals surface area (Å²) >= 11 is 0. The average molecular weight is 274 g/mol. The van der Waals surface area contributed by atoms with Gasteiger partial charge in [-0.25, -0.2) is 4.98 Å². The maximum absolute atomic E-state index is 4.69. The summed E-state index contributed by atoms with van der Waals surface area (Å²) in [6.07, 6.45) is 8.15. The number of aromatic amines is 1. The molecule has 1 aliphatic rings. The number of aromatic nitrogens is 4. The van der Waals surface area contributed by atoms with Gasteiger partial charge in [-0.15, -0.1) is 0 Å². The Morgan fingerprint density at radius 2 is 1.90 bits per heavy atom. The lowest BCUT2D eigenvalue weighted by Gasteiger charge is -2.26. The lowest BCUT2D eigenvalue weighted by molar-refractivity contribution is 0.554. The van der Waals surface area contributed by atoms with Crippen molar-refractivity contribution >= 4 is 22.9 Å². The molecule has 0 aliphatic carbocycles. The van der Waals surface area contributed by atoms with Crippen LogP contribution in [0.15, 0.2) is 6.33 Å². The van der Waals surface area contributed by atoms with Gasteiger partial charge in [0.15, 0.2) is 11.5 Å². The zero-order chi connectivity index (χ0) is 13.8. The molecule has 3 heterocycles. The van der Waals surface area contributed by atoms with Crippen LogP contribution in [0.1, 0.15) is 39.0 Å². The Hall–Kier alpha value is -1.85. The van der Waals surface area contributed by atoms with Crippen LogP contribution in [0.2, 0.25) is 0 Å². The molecule has 0 atom stereocenters. The minimum atomic E-state index is 0.671. The van der Waals surface area contributed by atoms with E-state index in [1.165, 1.54) is 32.1 Å². The molecule has 1 fully saturated rings. The Kier molecular flexibility index (Phi) is 3.99. The van der Waals surface area contributed by atoms with Gasteiger partial charge in [-0.3, -0.25) is 0 Å². The zero-order valence-electron chi connectivity index (χ0n) is 12.0. The summed E-state index contributed by atoms with van der Waals surface area (Å²) in [7, 11) is 0. The molecule has 0 radical (unpaired) electrons. The molecule has 0 saturated carbocycles. The summed E-state index contributed by atoms with van der Waals surface area (Å²) in [6.45, 7) is 5.00. The number of hydrogen-bond acceptors (Lipinski definition) is 5. The van der Waals surface area contributed by atoms with Gasteiger partial charge in [0.2, 0.25) is 5.95 Å². The molecule has 2 aromatic rings. The van der Waals surface area contributed by atoms with Crippen molar-refractivity contribution in [2.24, 2.45) is 0 Å². The van der Waals surface area contributed by atoms with Gasteiger partial charge in [-0.1, -0.05) is 19.3 Å². The fourth-order valence-electron chi connectivity index (χ4n) is 2.74. The minimum Gasteiger partial charge on any atom is -0.355 e. The molecule has 0 spiro atoms. The van der Waals surface area contributed by atoms with Gasteiger partial charge in [0, 0.05) is 19.6 Å². The van der Waals surface area contributed by atoms with Crippen LogP contribution in [-0.4, -0.2) is 39.6 Å². The van der Waals surface area contributed by atoms with Crippen molar-refractivity contribution in [1.29, 1.82) is 0 Å². The Balaban J connectivity index is 1.96. The quantitative estimate of drug-likeness (QED) is 0.900. The van der Waals surface area contributed by atoms with Gasteiger partial charge >= 0.3 is 0 Å². The van der Waals surface area contributed by atoms with Crippen molar-refractivity contribution in [2.75, 3.05) is 29.9 Å². The van der Waals surface area contributed by atoms with E-state index in [-0.39, 0.29) is 0 Å². The number of rotatable bonds is 3. The minimum absolute atomic E-state index is 0.671. The van der Waals surface area contributed by atoms with Gasteiger partial charge in [0.25, 0.3) is 0 Å². The highest BCUT2D eigenvalue weighted by molar-refractivity contribution is 5.84. The normalized spacial score (nSPS) is 16.9. The Bertz CT molecular complexity index is 556. The van der Waals surface area contributed by atoms with Crippen molar-refractivity contribution in [3.63, 3.8) is 0 Å². The van der Waals surface area contributed by atoms with Gasteiger partial charge in [0.1, 0.15) is 5.52 Å². The lowest BCUT2D eigenvalue weighted by atomic mass is 10.1. The maximum Gasteiger partial charge on any atom is 0.226 e. The topological polar surface area (TPSA) is 69.7 Å². The molecule has 0 aromatic carbocycles. The average Bonchev–Trinajstić information content (AvgIpc) is 2.86. The van der Waals surface area contributed by atoms with Crippen molar-refractivity contribution in [3.8, 4) is 0 Å². The summed E-state index contributed by atoms with van der Waals surface area (Å²) in [5.74, 6) is 1.66. The van der Waals surface area contributed by atoms with E-state index in [0.717, 1.165) is 36.6 Å². The number of hydrogen-bond donors (Lipinski definition) is 2. The molecule has 3 rings (SSSR count). The van der Waals surface area contributed by atoms with E-state index in [4.69, 9.17) is 4.98 Å². The SMILES string of the molecule is CCNc1nc(N2CCCCCCC2)c2[nH]cnc2n1. The van der Waals surface area contributed by atoms with Crippen molar-refractivity contribution in [2.45, 2.75) is 39.0 Å². The fraction of sp³-hybridized carbons (Fsp3) is 0.643. The Labute approximate surface area is 119 Å².